The molecule has 12 heteroatoms. The minimum atomic E-state index is -4.28. The molecule has 1 aliphatic carbocycles. The van der Waals surface area contributed by atoms with Crippen LogP contribution in [-0.4, -0.2) is 32.0 Å². The number of anilines is 1. The molecular formula is C25H22ClF2N3O4S2. The first kappa shape index (κ1) is 26.8. The van der Waals surface area contributed by atoms with Crippen LogP contribution in [0.3, 0.4) is 0 Å². The number of sulfonamides is 1. The second-order valence-electron chi connectivity index (χ2n) is 8.17. The maximum atomic E-state index is 14.9. The number of nitrogens with one attached hydrogen (secondary N) is 2. The normalized spacial score (nSPS) is 17.5. The predicted octanol–water partition coefficient (Wildman–Crippen LogP) is 5.42. The second-order valence-corrected chi connectivity index (χ2v) is 10.9. The van der Waals surface area contributed by atoms with Crippen molar-refractivity contribution in [3.05, 3.63) is 88.2 Å². The first-order valence-electron chi connectivity index (χ1n) is 11.1. The zero-order valence-corrected chi connectivity index (χ0v) is 21.7. The Morgan fingerprint density at radius 1 is 1.27 bits per heavy atom. The fraction of sp³-hybridized carbons (Fsp3) is 0.200. The summed E-state index contributed by atoms with van der Waals surface area (Å²) < 4.78 is 61.7. The standard InChI is InChI=1S/C25H22ClF2N3O4S2/c1-2-25(32)30-21-5-3-4-17(15-6-8-16(27)9-7-15)18(21)12-35-22-11-20(28)23(10-19(22)26)37(33,34)31-24-13-36-14-29-24/h2,4,6-11,13-14,18,21,31H,1,3,5,12H2,(H,30,32)/t18-,21-/m1/s1. The van der Waals surface area contributed by atoms with Gasteiger partial charge in [-0.15, -0.1) is 11.3 Å². The van der Waals surface area contributed by atoms with Crippen LogP contribution in [0, 0.1) is 17.6 Å². The van der Waals surface area contributed by atoms with E-state index in [0.717, 1.165) is 23.3 Å². The molecule has 37 heavy (non-hydrogen) atoms. The molecule has 1 amide bonds. The average molecular weight is 566 g/mol. The van der Waals surface area contributed by atoms with Gasteiger partial charge in [0.2, 0.25) is 5.91 Å². The van der Waals surface area contributed by atoms with E-state index in [2.05, 4.69) is 21.6 Å². The van der Waals surface area contributed by atoms with E-state index in [1.807, 2.05) is 6.08 Å². The molecule has 0 aliphatic heterocycles. The number of carbonyl (C=O) groups is 1. The maximum Gasteiger partial charge on any atom is 0.266 e. The van der Waals surface area contributed by atoms with E-state index in [1.54, 1.807) is 12.1 Å². The smallest absolute Gasteiger partial charge is 0.266 e. The largest absolute Gasteiger partial charge is 0.491 e. The van der Waals surface area contributed by atoms with Crippen molar-refractivity contribution in [2.24, 2.45) is 5.92 Å². The molecule has 0 saturated heterocycles. The van der Waals surface area contributed by atoms with Crippen molar-refractivity contribution in [2.45, 2.75) is 23.8 Å². The number of allylic oxidation sites excluding steroid dienone is 1. The third-order valence-electron chi connectivity index (χ3n) is 5.78. The zero-order valence-electron chi connectivity index (χ0n) is 19.3. The van der Waals surface area contributed by atoms with Crippen LogP contribution in [0.25, 0.3) is 5.57 Å². The van der Waals surface area contributed by atoms with Gasteiger partial charge in [0, 0.05) is 23.4 Å². The van der Waals surface area contributed by atoms with Crippen molar-refractivity contribution in [1.82, 2.24) is 10.3 Å². The van der Waals surface area contributed by atoms with Gasteiger partial charge in [-0.2, -0.15) is 0 Å². The molecule has 2 aromatic carbocycles. The van der Waals surface area contributed by atoms with Crippen LogP contribution in [-0.2, 0) is 14.8 Å². The lowest BCUT2D eigenvalue weighted by atomic mass is 9.80. The summed E-state index contributed by atoms with van der Waals surface area (Å²) >= 11 is 7.46. The van der Waals surface area contributed by atoms with Crippen molar-refractivity contribution < 1.29 is 26.7 Å². The van der Waals surface area contributed by atoms with Crippen molar-refractivity contribution in [1.29, 1.82) is 0 Å². The lowest BCUT2D eigenvalue weighted by molar-refractivity contribution is -0.117. The molecule has 1 aromatic heterocycles. The Balaban J connectivity index is 1.59. The van der Waals surface area contributed by atoms with Gasteiger partial charge >= 0.3 is 0 Å². The third kappa shape index (κ3) is 6.35. The fourth-order valence-electron chi connectivity index (χ4n) is 4.04. The number of hydrogen-bond acceptors (Lipinski definition) is 6. The summed E-state index contributed by atoms with van der Waals surface area (Å²) in [5.41, 5.74) is 3.01. The zero-order chi connectivity index (χ0) is 26.6. The van der Waals surface area contributed by atoms with Crippen LogP contribution in [0.2, 0.25) is 5.02 Å². The highest BCUT2D eigenvalue weighted by atomic mass is 35.5. The quantitative estimate of drug-likeness (QED) is 0.338. The van der Waals surface area contributed by atoms with Gasteiger partial charge in [-0.1, -0.05) is 36.4 Å². The maximum absolute atomic E-state index is 14.9. The minimum absolute atomic E-state index is 0.0202. The summed E-state index contributed by atoms with van der Waals surface area (Å²) in [4.78, 5) is 15.2. The fourth-order valence-corrected chi connectivity index (χ4v) is 5.97. The molecule has 0 bridgehead atoms. The number of nitrogens with zero attached hydrogens (tertiary/aromatic N) is 1. The Kier molecular flexibility index (Phi) is 8.25. The van der Waals surface area contributed by atoms with E-state index in [0.29, 0.717) is 12.8 Å². The molecule has 0 fully saturated rings. The summed E-state index contributed by atoms with van der Waals surface area (Å²) in [7, 11) is -4.28. The molecule has 194 valence electrons. The van der Waals surface area contributed by atoms with Crippen LogP contribution in [0.4, 0.5) is 14.6 Å². The third-order valence-corrected chi connectivity index (χ3v) is 8.03. The van der Waals surface area contributed by atoms with Gasteiger partial charge in [0.05, 0.1) is 17.1 Å². The molecule has 0 radical (unpaired) electrons. The van der Waals surface area contributed by atoms with E-state index in [1.165, 1.54) is 40.4 Å². The van der Waals surface area contributed by atoms with Gasteiger partial charge in [-0.25, -0.2) is 22.2 Å². The number of halogens is 3. The molecule has 4 rings (SSSR count). The molecule has 2 atom stereocenters. The second kappa shape index (κ2) is 11.4. The molecule has 0 unspecified atom stereocenters. The van der Waals surface area contributed by atoms with E-state index in [9.17, 15) is 22.0 Å². The summed E-state index contributed by atoms with van der Waals surface area (Å²) in [5, 5.41) is 4.24. The highest BCUT2D eigenvalue weighted by Crippen LogP contribution is 2.36. The van der Waals surface area contributed by atoms with Crippen LogP contribution in [0.1, 0.15) is 18.4 Å². The van der Waals surface area contributed by atoms with Crippen molar-refractivity contribution in [3.63, 3.8) is 0 Å². The summed E-state index contributed by atoms with van der Waals surface area (Å²) in [6.07, 6.45) is 4.43. The number of ether oxygens (including phenoxy) is 1. The molecule has 3 aromatic rings. The first-order valence-corrected chi connectivity index (χ1v) is 13.9. The van der Waals surface area contributed by atoms with E-state index < -0.39 is 26.7 Å². The molecule has 2 N–H and O–H groups in total. The monoisotopic (exact) mass is 565 g/mol. The number of carbonyl (C=O) groups excluding carboxylic acids is 1. The summed E-state index contributed by atoms with van der Waals surface area (Å²) in [6, 6.07) is 7.47. The van der Waals surface area contributed by atoms with Crippen molar-refractivity contribution in [3.8, 4) is 5.75 Å². The average Bonchev–Trinajstić information content (AvgIpc) is 3.37. The SMILES string of the molecule is C=CC(=O)N[C@@H]1CCC=C(c2ccc(F)cc2)[C@H]1COc1cc(F)c(S(=O)(=O)Nc2cscn2)cc1Cl. The molecule has 1 heterocycles. The lowest BCUT2D eigenvalue weighted by Gasteiger charge is -2.33. The van der Waals surface area contributed by atoms with Crippen LogP contribution < -0.4 is 14.8 Å². The van der Waals surface area contributed by atoms with Gasteiger partial charge in [0.1, 0.15) is 22.3 Å². The Labute approximate surface area is 221 Å². The number of thiazole rings is 1. The van der Waals surface area contributed by atoms with Crippen molar-refractivity contribution in [2.75, 3.05) is 11.3 Å². The minimum Gasteiger partial charge on any atom is -0.491 e. The van der Waals surface area contributed by atoms with Crippen LogP contribution >= 0.6 is 22.9 Å². The first-order chi connectivity index (χ1) is 17.7. The van der Waals surface area contributed by atoms with Crippen LogP contribution in [0.5, 0.6) is 5.75 Å². The number of hydrogen-bond donors (Lipinski definition) is 2. The summed E-state index contributed by atoms with van der Waals surface area (Å²) in [5.74, 6) is -2.20. The Bertz CT molecular complexity index is 1430. The topological polar surface area (TPSA) is 97.4 Å². The van der Waals surface area contributed by atoms with Crippen LogP contribution in [0.15, 0.2) is 70.9 Å². The highest BCUT2D eigenvalue weighted by Gasteiger charge is 2.31. The molecule has 1 aliphatic rings. The van der Waals surface area contributed by atoms with E-state index in [4.69, 9.17) is 16.3 Å². The number of amides is 1. The van der Waals surface area contributed by atoms with Gasteiger partial charge in [-0.3, -0.25) is 9.52 Å². The van der Waals surface area contributed by atoms with Gasteiger partial charge in [-0.05, 0) is 48.3 Å². The van der Waals surface area contributed by atoms with Gasteiger partial charge in [0.15, 0.2) is 5.82 Å². The summed E-state index contributed by atoms with van der Waals surface area (Å²) in [6.45, 7) is 3.47. The van der Waals surface area contributed by atoms with Gasteiger partial charge < -0.3 is 10.1 Å². The molecule has 7 nitrogen and oxygen atoms in total. The Hall–Kier alpha value is -3.28. The number of benzene rings is 2. The molecular weight excluding hydrogens is 544 g/mol. The van der Waals surface area contributed by atoms with E-state index >= 15 is 0 Å². The molecule has 0 spiro atoms. The van der Waals surface area contributed by atoms with Gasteiger partial charge in [0.25, 0.3) is 10.0 Å². The Morgan fingerprint density at radius 3 is 2.70 bits per heavy atom. The molecule has 0 saturated carbocycles. The highest BCUT2D eigenvalue weighted by molar-refractivity contribution is 7.92. The Morgan fingerprint density at radius 2 is 2.03 bits per heavy atom. The number of aromatic nitrogens is 1. The lowest BCUT2D eigenvalue weighted by Crippen LogP contribution is -2.43. The predicted molar refractivity (Wildman–Crippen MR) is 139 cm³/mol. The van der Waals surface area contributed by atoms with E-state index in [-0.39, 0.29) is 41.0 Å². The van der Waals surface area contributed by atoms with Crippen molar-refractivity contribution >= 4 is 50.3 Å². The number of rotatable bonds is 9.